The molecule has 3 aromatic rings. The number of aryl methyl sites for hydroxylation is 2. The lowest BCUT2D eigenvalue weighted by Crippen LogP contribution is -2.03. The Hall–Kier alpha value is -2.11. The van der Waals surface area contributed by atoms with Crippen molar-refractivity contribution in [2.75, 3.05) is 7.11 Å². The second-order valence-electron chi connectivity index (χ2n) is 7.22. The van der Waals surface area contributed by atoms with Crippen LogP contribution in [0.2, 0.25) is 0 Å². The van der Waals surface area contributed by atoms with Crippen molar-refractivity contribution in [3.05, 3.63) is 70.2 Å². The number of nitrogens with zero attached hydrogens (tertiary/aromatic N) is 1. The number of methoxy groups -OCH3 is 1. The molecule has 1 heterocycles. The molecular weight excluding hydrogens is 386 g/mol. The summed E-state index contributed by atoms with van der Waals surface area (Å²) in [6.07, 6.45) is 0.904. The van der Waals surface area contributed by atoms with Crippen LogP contribution in [0.5, 0.6) is 0 Å². The van der Waals surface area contributed by atoms with Crippen LogP contribution in [0.3, 0.4) is 0 Å². The summed E-state index contributed by atoms with van der Waals surface area (Å²) in [6, 6.07) is 17.2. The summed E-state index contributed by atoms with van der Waals surface area (Å²) in [5, 5.41) is 1.09. The molecule has 1 aromatic heterocycles. The van der Waals surface area contributed by atoms with Crippen molar-refractivity contribution in [3.63, 3.8) is 0 Å². The van der Waals surface area contributed by atoms with Crippen LogP contribution in [0.1, 0.15) is 34.0 Å². The molecule has 144 valence electrons. The Morgan fingerprint density at radius 2 is 1.86 bits per heavy atom. The molecule has 0 aliphatic heterocycles. The van der Waals surface area contributed by atoms with Crippen molar-refractivity contribution >= 4 is 29.1 Å². The van der Waals surface area contributed by atoms with Crippen LogP contribution in [-0.4, -0.2) is 18.1 Å². The zero-order valence-electron chi connectivity index (χ0n) is 16.3. The first-order valence-electron chi connectivity index (χ1n) is 9.39. The van der Waals surface area contributed by atoms with Gasteiger partial charge in [-0.05, 0) is 43.9 Å². The Morgan fingerprint density at radius 3 is 2.54 bits per heavy atom. The van der Waals surface area contributed by atoms with Gasteiger partial charge in [-0.1, -0.05) is 42.0 Å². The minimum Gasteiger partial charge on any atom is -0.469 e. The van der Waals surface area contributed by atoms with E-state index in [4.69, 9.17) is 9.72 Å². The summed E-state index contributed by atoms with van der Waals surface area (Å²) in [5.74, 6) is 1.20. The first-order valence-corrected chi connectivity index (χ1v) is 11.2. The van der Waals surface area contributed by atoms with Crippen LogP contribution in [0, 0.1) is 19.8 Å². The van der Waals surface area contributed by atoms with E-state index < -0.39 is 0 Å². The molecule has 1 saturated carbocycles. The van der Waals surface area contributed by atoms with E-state index in [9.17, 15) is 4.79 Å². The number of carbonyl (C=O) groups is 1. The van der Waals surface area contributed by atoms with Crippen LogP contribution in [0.15, 0.2) is 53.4 Å². The van der Waals surface area contributed by atoms with Crippen molar-refractivity contribution in [3.8, 4) is 10.6 Å². The largest absolute Gasteiger partial charge is 0.469 e. The molecule has 0 spiro atoms. The zero-order valence-corrected chi connectivity index (χ0v) is 17.9. The number of rotatable bonds is 6. The van der Waals surface area contributed by atoms with Gasteiger partial charge in [-0.25, -0.2) is 4.98 Å². The van der Waals surface area contributed by atoms with Gasteiger partial charge in [-0.2, -0.15) is 0 Å². The van der Waals surface area contributed by atoms with Gasteiger partial charge in [0.15, 0.2) is 0 Å². The van der Waals surface area contributed by atoms with E-state index in [1.165, 1.54) is 33.6 Å². The van der Waals surface area contributed by atoms with E-state index in [-0.39, 0.29) is 11.9 Å². The maximum absolute atomic E-state index is 11.6. The van der Waals surface area contributed by atoms with Gasteiger partial charge in [-0.15, -0.1) is 23.1 Å². The smallest absolute Gasteiger partial charge is 0.309 e. The fraction of sp³-hybridized carbons (Fsp3) is 0.304. The highest BCUT2D eigenvalue weighted by atomic mass is 32.2. The first kappa shape index (κ1) is 19.2. The minimum atomic E-state index is -0.0893. The highest BCUT2D eigenvalue weighted by molar-refractivity contribution is 7.98. The van der Waals surface area contributed by atoms with Crippen molar-refractivity contribution < 1.29 is 9.53 Å². The molecule has 2 aromatic carbocycles. The Bertz CT molecular complexity index is 977. The number of hydrogen-bond donors (Lipinski definition) is 0. The Morgan fingerprint density at radius 1 is 1.14 bits per heavy atom. The molecule has 28 heavy (non-hydrogen) atoms. The molecule has 3 nitrogen and oxygen atoms in total. The van der Waals surface area contributed by atoms with E-state index in [0.29, 0.717) is 5.92 Å². The summed E-state index contributed by atoms with van der Waals surface area (Å²) >= 11 is 3.61. The summed E-state index contributed by atoms with van der Waals surface area (Å²) in [4.78, 5) is 18.9. The lowest BCUT2D eigenvalue weighted by Gasteiger charge is -2.04. The number of carbonyl (C=O) groups excluding carboxylic acids is 1. The van der Waals surface area contributed by atoms with Crippen molar-refractivity contribution in [1.29, 1.82) is 0 Å². The van der Waals surface area contributed by atoms with Crippen molar-refractivity contribution in [1.82, 2.24) is 4.98 Å². The topological polar surface area (TPSA) is 39.2 Å². The van der Waals surface area contributed by atoms with Crippen LogP contribution in [0.25, 0.3) is 10.6 Å². The van der Waals surface area contributed by atoms with Gasteiger partial charge in [0, 0.05) is 21.1 Å². The normalized spacial score (nSPS) is 18.1. The van der Waals surface area contributed by atoms with E-state index in [1.807, 2.05) is 11.8 Å². The number of aromatic nitrogens is 1. The molecule has 0 bridgehead atoms. The van der Waals surface area contributed by atoms with Gasteiger partial charge in [0.05, 0.1) is 18.7 Å². The number of benzene rings is 2. The Labute approximate surface area is 174 Å². The van der Waals surface area contributed by atoms with Crippen molar-refractivity contribution in [2.45, 2.75) is 36.8 Å². The molecule has 0 saturated heterocycles. The van der Waals surface area contributed by atoms with E-state index in [1.54, 1.807) is 11.3 Å². The highest BCUT2D eigenvalue weighted by Crippen LogP contribution is 2.48. The third-order valence-electron chi connectivity index (χ3n) is 5.16. The van der Waals surface area contributed by atoms with E-state index in [2.05, 4.69) is 62.4 Å². The molecule has 1 aliphatic rings. The van der Waals surface area contributed by atoms with Gasteiger partial charge >= 0.3 is 5.97 Å². The summed E-state index contributed by atoms with van der Waals surface area (Å²) < 4.78 is 4.84. The standard InChI is InChI=1S/C23H23NO2S2/c1-14-4-6-17(7-5-14)22-24-15(2)21(28-22)13-27-18-10-8-16(9-11-18)19-12-20(19)23(25)26-3/h4-11,19-20H,12-13H2,1-3H3. The fourth-order valence-electron chi connectivity index (χ4n) is 3.32. The molecule has 4 rings (SSSR count). The van der Waals surface area contributed by atoms with E-state index >= 15 is 0 Å². The summed E-state index contributed by atoms with van der Waals surface area (Å²) in [5.41, 5.74) is 4.79. The highest BCUT2D eigenvalue weighted by Gasteiger charge is 2.44. The van der Waals surface area contributed by atoms with Gasteiger partial charge in [-0.3, -0.25) is 4.79 Å². The zero-order chi connectivity index (χ0) is 19.7. The maximum Gasteiger partial charge on any atom is 0.309 e. The number of esters is 1. The molecule has 0 radical (unpaired) electrons. The molecule has 1 fully saturated rings. The Kier molecular flexibility index (Phi) is 5.56. The van der Waals surface area contributed by atoms with E-state index in [0.717, 1.165) is 22.9 Å². The van der Waals surface area contributed by atoms with Gasteiger partial charge in [0.2, 0.25) is 0 Å². The fourth-order valence-corrected chi connectivity index (χ4v) is 5.43. The third-order valence-corrected chi connectivity index (χ3v) is 7.59. The number of ether oxygens (including phenoxy) is 1. The SMILES string of the molecule is COC(=O)C1CC1c1ccc(SCc2sc(-c3ccc(C)cc3)nc2C)cc1. The quantitative estimate of drug-likeness (QED) is 0.370. The van der Waals surface area contributed by atoms with Crippen LogP contribution in [-0.2, 0) is 15.3 Å². The molecule has 2 atom stereocenters. The van der Waals surface area contributed by atoms with Crippen LogP contribution < -0.4 is 0 Å². The van der Waals surface area contributed by atoms with Crippen LogP contribution >= 0.6 is 23.1 Å². The molecule has 0 amide bonds. The summed E-state index contributed by atoms with van der Waals surface area (Å²) in [6.45, 7) is 4.19. The predicted octanol–water partition coefficient (Wildman–Crippen LogP) is 6.00. The third kappa shape index (κ3) is 4.15. The molecule has 1 aliphatic carbocycles. The predicted molar refractivity (Wildman–Crippen MR) is 116 cm³/mol. The second kappa shape index (κ2) is 8.10. The minimum absolute atomic E-state index is 0.0449. The Balaban J connectivity index is 1.38. The number of thiazole rings is 1. The maximum atomic E-state index is 11.6. The van der Waals surface area contributed by atoms with Crippen molar-refractivity contribution in [2.24, 2.45) is 5.92 Å². The molecule has 2 unspecified atom stereocenters. The van der Waals surface area contributed by atoms with Crippen LogP contribution in [0.4, 0.5) is 0 Å². The lowest BCUT2D eigenvalue weighted by molar-refractivity contribution is -0.142. The lowest BCUT2D eigenvalue weighted by atomic mass is 10.1. The first-order chi connectivity index (χ1) is 13.5. The van der Waals surface area contributed by atoms with Gasteiger partial charge in [0.25, 0.3) is 0 Å². The monoisotopic (exact) mass is 409 g/mol. The molecule has 0 N–H and O–H groups in total. The second-order valence-corrected chi connectivity index (χ2v) is 9.36. The average Bonchev–Trinajstić information content (AvgIpc) is 3.43. The number of hydrogen-bond acceptors (Lipinski definition) is 5. The van der Waals surface area contributed by atoms with Gasteiger partial charge in [0.1, 0.15) is 5.01 Å². The average molecular weight is 410 g/mol. The summed E-state index contributed by atoms with van der Waals surface area (Å²) in [7, 11) is 1.46. The van der Waals surface area contributed by atoms with Gasteiger partial charge < -0.3 is 4.74 Å². The molecular formula is C23H23NO2S2. The molecule has 5 heteroatoms. The number of thioether (sulfide) groups is 1.